The van der Waals surface area contributed by atoms with Gasteiger partial charge in [0.05, 0.1) is 24.4 Å². The minimum absolute atomic E-state index is 0. The number of amides is 1. The number of piperidine rings is 1. The molecule has 1 fully saturated rings. The molecule has 1 aromatic carbocycles. The summed E-state index contributed by atoms with van der Waals surface area (Å²) in [5, 5.41) is 14.3. The lowest BCUT2D eigenvalue weighted by molar-refractivity contribution is 0.0599. The number of aryl methyl sites for hydroxylation is 1. The van der Waals surface area contributed by atoms with Crippen LogP contribution in [0.25, 0.3) is 0 Å². The summed E-state index contributed by atoms with van der Waals surface area (Å²) in [5.41, 5.74) is 2.75. The third-order valence-corrected chi connectivity index (χ3v) is 4.70. The van der Waals surface area contributed by atoms with Crippen molar-refractivity contribution in [3.05, 3.63) is 40.7 Å². The van der Waals surface area contributed by atoms with E-state index in [4.69, 9.17) is 4.74 Å². The Balaban J connectivity index is 0.00000261. The number of hydrogen-bond donors (Lipinski definition) is 2. The predicted octanol–water partition coefficient (Wildman–Crippen LogP) is 2.28. The van der Waals surface area contributed by atoms with Crippen molar-refractivity contribution in [2.45, 2.75) is 32.7 Å². The number of anilines is 1. The molecule has 0 atom stereocenters. The molecule has 0 spiro atoms. The number of benzene rings is 1. The molecule has 9 heteroatoms. The van der Waals surface area contributed by atoms with Crippen LogP contribution in [-0.2, 0) is 4.74 Å². The molecule has 1 aliphatic rings. The third-order valence-electron chi connectivity index (χ3n) is 4.70. The molecule has 1 aliphatic heterocycles. The largest absolute Gasteiger partial charge is 0.465 e. The zero-order valence-electron chi connectivity index (χ0n) is 15.6. The Morgan fingerprint density at radius 1 is 1.26 bits per heavy atom. The molecule has 1 saturated heterocycles. The van der Waals surface area contributed by atoms with Gasteiger partial charge in [0.15, 0.2) is 5.69 Å². The number of esters is 1. The monoisotopic (exact) mass is 393 g/mol. The summed E-state index contributed by atoms with van der Waals surface area (Å²) in [4.78, 5) is 24.4. The van der Waals surface area contributed by atoms with E-state index in [9.17, 15) is 9.59 Å². The van der Waals surface area contributed by atoms with E-state index in [2.05, 4.69) is 20.9 Å². The standard InChI is InChI=1S/C18H23N5O3.ClH/c1-11-4-5-13(10-15(11)18(25)26-3)20-17(24)16-12(2)23(22-21-16)14-6-8-19-9-7-14;/h4-5,10,14,19H,6-9H2,1-3H3,(H,20,24);1H. The van der Waals surface area contributed by atoms with E-state index in [0.717, 1.165) is 37.2 Å². The average molecular weight is 394 g/mol. The Morgan fingerprint density at radius 3 is 2.63 bits per heavy atom. The second-order valence-corrected chi connectivity index (χ2v) is 6.42. The van der Waals surface area contributed by atoms with Gasteiger partial charge in [-0.15, -0.1) is 17.5 Å². The number of carbonyl (C=O) groups excluding carboxylic acids is 2. The van der Waals surface area contributed by atoms with Crippen LogP contribution < -0.4 is 10.6 Å². The highest BCUT2D eigenvalue weighted by atomic mass is 35.5. The first-order valence-corrected chi connectivity index (χ1v) is 8.64. The maximum absolute atomic E-state index is 12.6. The van der Waals surface area contributed by atoms with Crippen molar-refractivity contribution in [2.24, 2.45) is 0 Å². The van der Waals surface area contributed by atoms with Gasteiger partial charge in [-0.25, -0.2) is 9.48 Å². The quantitative estimate of drug-likeness (QED) is 0.773. The van der Waals surface area contributed by atoms with E-state index < -0.39 is 5.97 Å². The fourth-order valence-corrected chi connectivity index (χ4v) is 3.17. The van der Waals surface area contributed by atoms with Gasteiger partial charge in [0, 0.05) is 5.69 Å². The van der Waals surface area contributed by atoms with E-state index >= 15 is 0 Å². The molecule has 2 heterocycles. The maximum atomic E-state index is 12.6. The van der Waals surface area contributed by atoms with Crippen LogP contribution in [0.1, 0.15) is 51.0 Å². The average Bonchev–Trinajstić information content (AvgIpc) is 3.05. The Labute approximate surface area is 164 Å². The van der Waals surface area contributed by atoms with Crippen molar-refractivity contribution >= 4 is 30.0 Å². The molecule has 27 heavy (non-hydrogen) atoms. The van der Waals surface area contributed by atoms with Crippen molar-refractivity contribution in [1.82, 2.24) is 20.3 Å². The normalized spacial score (nSPS) is 14.3. The molecule has 2 aromatic rings. The smallest absolute Gasteiger partial charge is 0.338 e. The molecular formula is C18H24ClN5O3. The van der Waals surface area contributed by atoms with Crippen molar-refractivity contribution in [3.63, 3.8) is 0 Å². The molecule has 2 N–H and O–H groups in total. The molecule has 0 unspecified atom stereocenters. The number of aromatic nitrogens is 3. The first-order valence-electron chi connectivity index (χ1n) is 8.64. The second-order valence-electron chi connectivity index (χ2n) is 6.42. The lowest BCUT2D eigenvalue weighted by atomic mass is 10.1. The highest BCUT2D eigenvalue weighted by Crippen LogP contribution is 2.21. The predicted molar refractivity (Wildman–Crippen MR) is 104 cm³/mol. The molecule has 0 radical (unpaired) electrons. The van der Waals surface area contributed by atoms with Gasteiger partial charge in [0.25, 0.3) is 5.91 Å². The summed E-state index contributed by atoms with van der Waals surface area (Å²) in [6, 6.07) is 5.37. The summed E-state index contributed by atoms with van der Waals surface area (Å²) in [5.74, 6) is -0.783. The molecule has 8 nitrogen and oxygen atoms in total. The molecule has 0 saturated carbocycles. The minimum atomic E-state index is -0.438. The van der Waals surface area contributed by atoms with Crippen LogP contribution >= 0.6 is 12.4 Å². The van der Waals surface area contributed by atoms with E-state index in [1.54, 1.807) is 18.2 Å². The van der Waals surface area contributed by atoms with E-state index in [0.29, 0.717) is 16.9 Å². The van der Waals surface area contributed by atoms with Gasteiger partial charge in [-0.1, -0.05) is 11.3 Å². The van der Waals surface area contributed by atoms with Gasteiger partial charge >= 0.3 is 5.97 Å². The molecule has 3 rings (SSSR count). The maximum Gasteiger partial charge on any atom is 0.338 e. The molecule has 1 amide bonds. The van der Waals surface area contributed by atoms with Crippen LogP contribution in [0.15, 0.2) is 18.2 Å². The molecule has 0 bridgehead atoms. The van der Waals surface area contributed by atoms with Gasteiger partial charge in [-0.2, -0.15) is 0 Å². The van der Waals surface area contributed by atoms with E-state index in [1.165, 1.54) is 7.11 Å². The van der Waals surface area contributed by atoms with Crippen molar-refractivity contribution in [1.29, 1.82) is 0 Å². The molecule has 1 aromatic heterocycles. The van der Waals surface area contributed by atoms with Crippen molar-refractivity contribution in [3.8, 4) is 0 Å². The lowest BCUT2D eigenvalue weighted by Gasteiger charge is -2.23. The van der Waals surface area contributed by atoms with Gasteiger partial charge in [0.2, 0.25) is 0 Å². The molecule has 146 valence electrons. The zero-order chi connectivity index (χ0) is 18.7. The summed E-state index contributed by atoms with van der Waals surface area (Å²) in [6.45, 7) is 5.54. The van der Waals surface area contributed by atoms with Crippen LogP contribution in [0.4, 0.5) is 5.69 Å². The van der Waals surface area contributed by atoms with E-state index in [1.807, 2.05) is 18.5 Å². The fourth-order valence-electron chi connectivity index (χ4n) is 3.17. The minimum Gasteiger partial charge on any atom is -0.465 e. The van der Waals surface area contributed by atoms with Gasteiger partial charge < -0.3 is 15.4 Å². The first-order chi connectivity index (χ1) is 12.5. The van der Waals surface area contributed by atoms with Crippen LogP contribution in [0, 0.1) is 13.8 Å². The third kappa shape index (κ3) is 4.45. The Kier molecular flexibility index (Phi) is 6.92. The van der Waals surface area contributed by atoms with Crippen molar-refractivity contribution in [2.75, 3.05) is 25.5 Å². The first kappa shape index (κ1) is 20.9. The van der Waals surface area contributed by atoms with Crippen molar-refractivity contribution < 1.29 is 14.3 Å². The fraction of sp³-hybridized carbons (Fsp3) is 0.444. The van der Waals surface area contributed by atoms with Crippen LogP contribution in [-0.4, -0.2) is 47.1 Å². The Bertz CT molecular complexity index is 830. The molecular weight excluding hydrogens is 370 g/mol. The van der Waals surface area contributed by atoms with Crippen LogP contribution in [0.2, 0.25) is 0 Å². The SMILES string of the molecule is COC(=O)c1cc(NC(=O)c2nnn(C3CCNCC3)c2C)ccc1C.Cl. The Hall–Kier alpha value is -2.45. The highest BCUT2D eigenvalue weighted by molar-refractivity contribution is 6.04. The number of hydrogen-bond acceptors (Lipinski definition) is 6. The van der Waals surface area contributed by atoms with Gasteiger partial charge in [-0.05, 0) is 57.5 Å². The number of carbonyl (C=O) groups is 2. The number of nitrogens with zero attached hydrogens (tertiary/aromatic N) is 3. The summed E-state index contributed by atoms with van der Waals surface area (Å²) >= 11 is 0. The number of methoxy groups -OCH3 is 1. The second kappa shape index (κ2) is 8.96. The van der Waals surface area contributed by atoms with Gasteiger partial charge in [-0.3, -0.25) is 4.79 Å². The lowest BCUT2D eigenvalue weighted by Crippen LogP contribution is -2.30. The van der Waals surface area contributed by atoms with Crippen LogP contribution in [0.5, 0.6) is 0 Å². The summed E-state index contributed by atoms with van der Waals surface area (Å²) < 4.78 is 6.61. The topological polar surface area (TPSA) is 98.1 Å². The summed E-state index contributed by atoms with van der Waals surface area (Å²) in [7, 11) is 1.33. The Morgan fingerprint density at radius 2 is 1.96 bits per heavy atom. The number of nitrogens with one attached hydrogen (secondary N) is 2. The van der Waals surface area contributed by atoms with E-state index in [-0.39, 0.29) is 24.4 Å². The number of ether oxygens (including phenoxy) is 1. The molecule has 0 aliphatic carbocycles. The summed E-state index contributed by atoms with van der Waals surface area (Å²) in [6.07, 6.45) is 1.93. The highest BCUT2D eigenvalue weighted by Gasteiger charge is 2.23. The zero-order valence-corrected chi connectivity index (χ0v) is 16.4. The van der Waals surface area contributed by atoms with Gasteiger partial charge in [0.1, 0.15) is 0 Å². The number of halogens is 1. The number of rotatable bonds is 4. The van der Waals surface area contributed by atoms with Crippen LogP contribution in [0.3, 0.4) is 0 Å².